The number of amides is 1. The molecule has 0 spiro atoms. The first-order valence-electron chi connectivity index (χ1n) is 10.8. The van der Waals surface area contributed by atoms with Gasteiger partial charge in [-0.25, -0.2) is 8.42 Å². The van der Waals surface area contributed by atoms with Gasteiger partial charge in [0, 0.05) is 19.2 Å². The molecule has 0 aliphatic heterocycles. The molecule has 0 radical (unpaired) electrons. The number of rotatable bonds is 8. The van der Waals surface area contributed by atoms with E-state index in [1.54, 1.807) is 48.5 Å². The number of aryl methyl sites for hydroxylation is 1. The molecule has 1 N–H and O–H groups in total. The molecule has 168 valence electrons. The topological polar surface area (TPSA) is 75.7 Å². The van der Waals surface area contributed by atoms with E-state index in [4.69, 9.17) is 4.74 Å². The minimum absolute atomic E-state index is 0.198. The Hall–Kier alpha value is -2.38. The molecule has 1 aliphatic carbocycles. The fraction of sp³-hybridized carbons (Fsp3) is 0.458. The lowest BCUT2D eigenvalue weighted by molar-refractivity contribution is -0.00293. The molecule has 1 fully saturated rings. The second kappa shape index (κ2) is 10.3. The van der Waals surface area contributed by atoms with Gasteiger partial charge in [0.25, 0.3) is 15.9 Å². The highest BCUT2D eigenvalue weighted by Crippen LogP contribution is 2.26. The van der Waals surface area contributed by atoms with Crippen molar-refractivity contribution in [2.45, 2.75) is 50.5 Å². The monoisotopic (exact) mass is 444 g/mol. The second-order valence-corrected chi connectivity index (χ2v) is 10.2. The van der Waals surface area contributed by atoms with Gasteiger partial charge in [0.2, 0.25) is 0 Å². The van der Waals surface area contributed by atoms with Crippen LogP contribution in [-0.2, 0) is 14.8 Å². The third kappa shape index (κ3) is 5.86. The van der Waals surface area contributed by atoms with E-state index in [2.05, 4.69) is 12.2 Å². The number of carbonyl (C=O) groups excluding carboxylic acids is 1. The first-order chi connectivity index (χ1) is 14.8. The highest BCUT2D eigenvalue weighted by Gasteiger charge is 2.22. The lowest BCUT2D eigenvalue weighted by Gasteiger charge is -2.28. The summed E-state index contributed by atoms with van der Waals surface area (Å²) < 4.78 is 32.8. The van der Waals surface area contributed by atoms with Crippen LogP contribution in [0.25, 0.3) is 0 Å². The van der Waals surface area contributed by atoms with Gasteiger partial charge < -0.3 is 10.1 Å². The molecule has 7 heteroatoms. The maximum absolute atomic E-state index is 12.8. The highest BCUT2D eigenvalue weighted by atomic mass is 32.2. The lowest BCUT2D eigenvalue weighted by atomic mass is 9.88. The zero-order valence-electron chi connectivity index (χ0n) is 18.5. The molecule has 3 rings (SSSR count). The molecule has 2 unspecified atom stereocenters. The van der Waals surface area contributed by atoms with Crippen molar-refractivity contribution in [3.8, 4) is 0 Å². The van der Waals surface area contributed by atoms with Crippen LogP contribution in [0.15, 0.2) is 53.4 Å². The second-order valence-electron chi connectivity index (χ2n) is 8.26. The Balaban J connectivity index is 1.54. The van der Waals surface area contributed by atoms with Gasteiger partial charge in [-0.3, -0.25) is 9.10 Å². The minimum atomic E-state index is -3.66. The summed E-state index contributed by atoms with van der Waals surface area (Å²) in [4.78, 5) is 12.6. The molecule has 0 heterocycles. The van der Waals surface area contributed by atoms with Crippen LogP contribution in [0.5, 0.6) is 0 Å². The van der Waals surface area contributed by atoms with E-state index in [9.17, 15) is 13.2 Å². The smallest absolute Gasteiger partial charge is 0.264 e. The SMILES string of the molecule is Cc1ccc(S(=O)(=O)N(C)c2ccc(C(=O)NCCOC3CCCCC3C)cc2)cc1. The summed E-state index contributed by atoms with van der Waals surface area (Å²) in [6.07, 6.45) is 5.07. The summed E-state index contributed by atoms with van der Waals surface area (Å²) in [6.45, 7) is 5.08. The number of benzene rings is 2. The first-order valence-corrected chi connectivity index (χ1v) is 12.3. The van der Waals surface area contributed by atoms with Crippen LogP contribution in [0.2, 0.25) is 0 Å². The molecule has 1 amide bonds. The molecule has 1 aliphatic rings. The maximum atomic E-state index is 12.8. The summed E-state index contributed by atoms with van der Waals surface area (Å²) in [5.41, 5.74) is 1.97. The Morgan fingerprint density at radius 1 is 1.06 bits per heavy atom. The van der Waals surface area contributed by atoms with Crippen LogP contribution in [0, 0.1) is 12.8 Å². The van der Waals surface area contributed by atoms with Crippen molar-refractivity contribution < 1.29 is 17.9 Å². The van der Waals surface area contributed by atoms with Gasteiger partial charge in [-0.15, -0.1) is 0 Å². The number of sulfonamides is 1. The van der Waals surface area contributed by atoms with Crippen molar-refractivity contribution in [3.05, 3.63) is 59.7 Å². The number of hydrogen-bond donors (Lipinski definition) is 1. The van der Waals surface area contributed by atoms with Crippen molar-refractivity contribution >= 4 is 21.6 Å². The number of nitrogens with one attached hydrogen (secondary N) is 1. The van der Waals surface area contributed by atoms with Gasteiger partial charge in [-0.05, 0) is 62.1 Å². The molecule has 1 saturated carbocycles. The normalized spacial score (nSPS) is 19.1. The summed E-state index contributed by atoms with van der Waals surface area (Å²) in [5.74, 6) is 0.376. The summed E-state index contributed by atoms with van der Waals surface area (Å²) in [5, 5.41) is 2.87. The third-order valence-electron chi connectivity index (χ3n) is 5.92. The quantitative estimate of drug-likeness (QED) is 0.621. The van der Waals surface area contributed by atoms with Crippen LogP contribution < -0.4 is 9.62 Å². The van der Waals surface area contributed by atoms with Gasteiger partial charge in [0.05, 0.1) is 23.3 Å². The average molecular weight is 445 g/mol. The number of hydrogen-bond acceptors (Lipinski definition) is 4. The van der Waals surface area contributed by atoms with E-state index >= 15 is 0 Å². The van der Waals surface area contributed by atoms with Gasteiger partial charge in [0.1, 0.15) is 0 Å². The zero-order valence-corrected chi connectivity index (χ0v) is 19.3. The fourth-order valence-corrected chi connectivity index (χ4v) is 5.03. The molecule has 2 atom stereocenters. The van der Waals surface area contributed by atoms with Crippen molar-refractivity contribution in [2.24, 2.45) is 5.92 Å². The Morgan fingerprint density at radius 2 is 1.71 bits per heavy atom. The highest BCUT2D eigenvalue weighted by molar-refractivity contribution is 7.92. The summed E-state index contributed by atoms with van der Waals surface area (Å²) in [6, 6.07) is 13.3. The van der Waals surface area contributed by atoms with Crippen LogP contribution in [0.4, 0.5) is 5.69 Å². The number of nitrogens with zero attached hydrogens (tertiary/aromatic N) is 1. The Labute approximate surface area is 185 Å². The Bertz CT molecular complexity index is 972. The molecule has 2 aromatic rings. The molecule has 0 saturated heterocycles. The van der Waals surface area contributed by atoms with Gasteiger partial charge in [-0.2, -0.15) is 0 Å². The first kappa shape index (κ1) is 23.3. The molecule has 6 nitrogen and oxygen atoms in total. The van der Waals surface area contributed by atoms with Crippen LogP contribution in [-0.4, -0.2) is 40.6 Å². The van der Waals surface area contributed by atoms with Crippen molar-refractivity contribution in [1.82, 2.24) is 5.32 Å². The molecular formula is C24H32N2O4S. The van der Waals surface area contributed by atoms with E-state index in [-0.39, 0.29) is 16.9 Å². The van der Waals surface area contributed by atoms with Gasteiger partial charge in [0.15, 0.2) is 0 Å². The predicted octanol–water partition coefficient (Wildman–Crippen LogP) is 4.15. The van der Waals surface area contributed by atoms with Crippen LogP contribution in [0.1, 0.15) is 48.5 Å². The Kier molecular flexibility index (Phi) is 7.73. The van der Waals surface area contributed by atoms with Crippen molar-refractivity contribution in [1.29, 1.82) is 0 Å². The van der Waals surface area contributed by atoms with Crippen LogP contribution >= 0.6 is 0 Å². The average Bonchev–Trinajstić information content (AvgIpc) is 2.77. The molecule has 0 bridgehead atoms. The third-order valence-corrected chi connectivity index (χ3v) is 7.72. The van der Waals surface area contributed by atoms with Gasteiger partial charge >= 0.3 is 0 Å². The summed E-state index contributed by atoms with van der Waals surface area (Å²) >= 11 is 0. The van der Waals surface area contributed by atoms with E-state index in [0.717, 1.165) is 12.0 Å². The fourth-order valence-electron chi connectivity index (χ4n) is 3.84. The van der Waals surface area contributed by atoms with E-state index in [1.165, 1.54) is 30.6 Å². The zero-order chi connectivity index (χ0) is 22.4. The minimum Gasteiger partial charge on any atom is -0.376 e. The Morgan fingerprint density at radius 3 is 2.35 bits per heavy atom. The lowest BCUT2D eigenvalue weighted by Crippen LogP contribution is -2.31. The maximum Gasteiger partial charge on any atom is 0.264 e. The number of carbonyl (C=O) groups is 1. The van der Waals surface area contributed by atoms with E-state index in [1.807, 2.05) is 6.92 Å². The van der Waals surface area contributed by atoms with Gasteiger partial charge in [-0.1, -0.05) is 37.5 Å². The van der Waals surface area contributed by atoms with Crippen molar-refractivity contribution in [2.75, 3.05) is 24.5 Å². The van der Waals surface area contributed by atoms with E-state index < -0.39 is 10.0 Å². The number of anilines is 1. The molecule has 31 heavy (non-hydrogen) atoms. The predicted molar refractivity (Wildman–Crippen MR) is 123 cm³/mol. The molecule has 0 aromatic heterocycles. The molecule has 2 aromatic carbocycles. The van der Waals surface area contributed by atoms with E-state index in [0.29, 0.717) is 30.3 Å². The largest absolute Gasteiger partial charge is 0.376 e. The molecular weight excluding hydrogens is 412 g/mol. The van der Waals surface area contributed by atoms with Crippen LogP contribution in [0.3, 0.4) is 0 Å². The van der Waals surface area contributed by atoms with Crippen molar-refractivity contribution in [3.63, 3.8) is 0 Å². The summed E-state index contributed by atoms with van der Waals surface area (Å²) in [7, 11) is -2.15. The number of ether oxygens (including phenoxy) is 1. The standard InChI is InChI=1S/C24H32N2O4S/c1-18-8-14-22(15-9-18)31(28,29)26(3)21-12-10-20(11-13-21)24(27)25-16-17-30-23-7-5-4-6-19(23)2/h8-15,19,23H,4-7,16-17H2,1-3H3,(H,25,27).